The van der Waals surface area contributed by atoms with Crippen molar-refractivity contribution < 1.29 is 0 Å². The quantitative estimate of drug-likeness (QED) is 0.130. The van der Waals surface area contributed by atoms with Gasteiger partial charge >= 0.3 is 0 Å². The van der Waals surface area contributed by atoms with Gasteiger partial charge in [-0.05, 0) is 145 Å². The van der Waals surface area contributed by atoms with E-state index in [-0.39, 0.29) is 0 Å². The number of aryl methyl sites for hydroxylation is 4. The summed E-state index contributed by atoms with van der Waals surface area (Å²) in [6.45, 7) is 8.54. The highest BCUT2D eigenvalue weighted by atomic mass is 15.1. The van der Waals surface area contributed by atoms with Crippen LogP contribution in [0.25, 0.3) is 34.4 Å². The fourth-order valence-corrected chi connectivity index (χ4v) is 7.19. The Kier molecular flexibility index (Phi) is 10.5. The molecule has 8 aromatic carbocycles. The summed E-state index contributed by atoms with van der Waals surface area (Å²) >= 11 is 0. The monoisotopic (exact) mass is 722 g/mol. The first-order chi connectivity index (χ1) is 27.4. The van der Waals surface area contributed by atoms with Crippen LogP contribution in [0, 0.1) is 27.7 Å². The van der Waals surface area contributed by atoms with E-state index >= 15 is 0 Å². The number of anilines is 6. The predicted octanol–water partition coefficient (Wildman–Crippen LogP) is 15.4. The van der Waals surface area contributed by atoms with Crippen LogP contribution in [0.1, 0.15) is 33.4 Å². The molecule has 0 aliphatic carbocycles. The number of benzene rings is 8. The summed E-state index contributed by atoms with van der Waals surface area (Å²) in [5.74, 6) is 0. The van der Waals surface area contributed by atoms with Crippen molar-refractivity contribution in [1.82, 2.24) is 0 Å². The van der Waals surface area contributed by atoms with Gasteiger partial charge < -0.3 is 9.80 Å². The molecule has 0 saturated heterocycles. The second kappa shape index (κ2) is 16.2. The van der Waals surface area contributed by atoms with Crippen molar-refractivity contribution >= 4 is 46.3 Å². The Labute approximate surface area is 332 Å². The SMILES string of the molecule is Cc1ccc(N(c2ccc(-c3ccc(/C=C/c4ccc(-c5ccc(N(c6ccc(C)cc6)c6cccc(C)c6)cc5)cc4)cc3)cc2)c2cccc(C)c2)cc1. The molecule has 0 spiro atoms. The van der Waals surface area contributed by atoms with Gasteiger partial charge in [0.05, 0.1) is 0 Å². The first kappa shape index (κ1) is 36.1. The molecule has 0 atom stereocenters. The Bertz CT molecular complexity index is 2380. The molecule has 2 nitrogen and oxygen atoms in total. The van der Waals surface area contributed by atoms with E-state index in [1.165, 1.54) is 55.6 Å². The molecule has 0 aromatic heterocycles. The third-order valence-electron chi connectivity index (χ3n) is 10.3. The molecule has 8 aromatic rings. The number of nitrogens with zero attached hydrogens (tertiary/aromatic N) is 2. The molecule has 0 bridgehead atoms. The summed E-state index contributed by atoms with van der Waals surface area (Å²) in [5.41, 5.74) is 19.0. The van der Waals surface area contributed by atoms with Crippen LogP contribution in [-0.4, -0.2) is 0 Å². The lowest BCUT2D eigenvalue weighted by molar-refractivity contribution is 1.26. The van der Waals surface area contributed by atoms with Gasteiger partial charge in [-0.2, -0.15) is 0 Å². The van der Waals surface area contributed by atoms with E-state index in [0.717, 1.165) is 34.1 Å². The summed E-state index contributed by atoms with van der Waals surface area (Å²) in [6, 6.07) is 70.2. The van der Waals surface area contributed by atoms with Crippen molar-refractivity contribution in [2.45, 2.75) is 27.7 Å². The van der Waals surface area contributed by atoms with Crippen molar-refractivity contribution in [3.63, 3.8) is 0 Å². The minimum absolute atomic E-state index is 1.13. The molecule has 56 heavy (non-hydrogen) atoms. The van der Waals surface area contributed by atoms with Crippen molar-refractivity contribution in [3.8, 4) is 22.3 Å². The number of hydrogen-bond acceptors (Lipinski definition) is 2. The highest BCUT2D eigenvalue weighted by Crippen LogP contribution is 2.38. The van der Waals surface area contributed by atoms with Crippen LogP contribution in [0.3, 0.4) is 0 Å². The molecule has 8 rings (SSSR count). The van der Waals surface area contributed by atoms with Crippen LogP contribution in [0.4, 0.5) is 34.1 Å². The standard InChI is InChI=1S/C54H46N2/c1-39-11-29-49(30-12-39)55(53-9-5-7-41(3)37-53)51-33-25-47(26-34-51)45-21-17-43(18-22-45)15-16-44-19-23-46(24-20-44)48-27-35-52(36-28-48)56(50-31-13-40(2)14-32-50)54-10-6-8-42(4)38-54/h5-38H,1-4H3/b16-15+. The van der Waals surface area contributed by atoms with Crippen LogP contribution in [0.2, 0.25) is 0 Å². The number of rotatable bonds is 10. The topological polar surface area (TPSA) is 6.48 Å². The smallest absolute Gasteiger partial charge is 0.0464 e. The van der Waals surface area contributed by atoms with E-state index in [4.69, 9.17) is 0 Å². The van der Waals surface area contributed by atoms with Gasteiger partial charge in [0, 0.05) is 34.1 Å². The fraction of sp³-hybridized carbons (Fsp3) is 0.0741. The molecule has 0 N–H and O–H groups in total. The maximum atomic E-state index is 2.32. The van der Waals surface area contributed by atoms with Crippen molar-refractivity contribution in [2.75, 3.05) is 9.80 Å². The van der Waals surface area contributed by atoms with E-state index in [2.05, 4.69) is 244 Å². The first-order valence-electron chi connectivity index (χ1n) is 19.3. The van der Waals surface area contributed by atoms with Crippen LogP contribution in [0.5, 0.6) is 0 Å². The van der Waals surface area contributed by atoms with E-state index in [1.54, 1.807) is 0 Å². The number of hydrogen-bond donors (Lipinski definition) is 0. The zero-order valence-corrected chi connectivity index (χ0v) is 32.5. The minimum atomic E-state index is 1.13. The van der Waals surface area contributed by atoms with Crippen molar-refractivity contribution in [2.24, 2.45) is 0 Å². The van der Waals surface area contributed by atoms with Crippen LogP contribution < -0.4 is 9.80 Å². The van der Waals surface area contributed by atoms with Gasteiger partial charge in [0.1, 0.15) is 0 Å². The van der Waals surface area contributed by atoms with Crippen molar-refractivity contribution in [3.05, 3.63) is 228 Å². The summed E-state index contributed by atoms with van der Waals surface area (Å²) in [4.78, 5) is 4.64. The Balaban J connectivity index is 0.946. The maximum Gasteiger partial charge on any atom is 0.0464 e. The highest BCUT2D eigenvalue weighted by Gasteiger charge is 2.14. The van der Waals surface area contributed by atoms with Gasteiger partial charge in [-0.15, -0.1) is 0 Å². The Morgan fingerprint density at radius 3 is 0.857 bits per heavy atom. The summed E-state index contributed by atoms with van der Waals surface area (Å²) in [7, 11) is 0. The molecular formula is C54H46N2. The molecule has 0 fully saturated rings. The maximum absolute atomic E-state index is 2.32. The van der Waals surface area contributed by atoms with Crippen LogP contribution in [-0.2, 0) is 0 Å². The summed E-state index contributed by atoms with van der Waals surface area (Å²) in [6.07, 6.45) is 4.37. The molecule has 0 radical (unpaired) electrons. The average Bonchev–Trinajstić information content (AvgIpc) is 3.23. The molecule has 0 amide bonds. The average molecular weight is 723 g/mol. The molecule has 0 saturated carbocycles. The molecule has 0 unspecified atom stereocenters. The lowest BCUT2D eigenvalue weighted by Gasteiger charge is -2.26. The van der Waals surface area contributed by atoms with Gasteiger partial charge in [0.25, 0.3) is 0 Å². The Morgan fingerprint density at radius 1 is 0.268 bits per heavy atom. The third-order valence-corrected chi connectivity index (χ3v) is 10.3. The predicted molar refractivity (Wildman–Crippen MR) is 241 cm³/mol. The highest BCUT2D eigenvalue weighted by molar-refractivity contribution is 5.81. The van der Waals surface area contributed by atoms with E-state index in [9.17, 15) is 0 Å². The van der Waals surface area contributed by atoms with Gasteiger partial charge in [-0.25, -0.2) is 0 Å². The van der Waals surface area contributed by atoms with E-state index in [0.29, 0.717) is 0 Å². The zero-order chi connectivity index (χ0) is 38.4. The van der Waals surface area contributed by atoms with Gasteiger partial charge in [-0.1, -0.05) is 145 Å². The van der Waals surface area contributed by atoms with E-state index in [1.807, 2.05) is 0 Å². The molecule has 272 valence electrons. The third kappa shape index (κ3) is 8.26. The van der Waals surface area contributed by atoms with Gasteiger partial charge in [0.15, 0.2) is 0 Å². The van der Waals surface area contributed by atoms with E-state index < -0.39 is 0 Å². The first-order valence-corrected chi connectivity index (χ1v) is 19.3. The summed E-state index contributed by atoms with van der Waals surface area (Å²) < 4.78 is 0. The molecule has 0 heterocycles. The molecular weight excluding hydrogens is 677 g/mol. The minimum Gasteiger partial charge on any atom is -0.310 e. The second-order valence-electron chi connectivity index (χ2n) is 14.7. The molecule has 0 aliphatic heterocycles. The molecule has 0 aliphatic rings. The van der Waals surface area contributed by atoms with Crippen molar-refractivity contribution in [1.29, 1.82) is 0 Å². The lowest BCUT2D eigenvalue weighted by atomic mass is 10.0. The lowest BCUT2D eigenvalue weighted by Crippen LogP contribution is -2.10. The summed E-state index contributed by atoms with van der Waals surface area (Å²) in [5, 5.41) is 0. The molecule has 2 heteroatoms. The van der Waals surface area contributed by atoms with Crippen LogP contribution in [0.15, 0.2) is 194 Å². The normalized spacial score (nSPS) is 11.1. The van der Waals surface area contributed by atoms with Crippen LogP contribution >= 0.6 is 0 Å². The largest absolute Gasteiger partial charge is 0.310 e. The Hall–Kier alpha value is -6.90. The van der Waals surface area contributed by atoms with Gasteiger partial charge in [-0.3, -0.25) is 0 Å². The second-order valence-corrected chi connectivity index (χ2v) is 14.7. The fourth-order valence-electron chi connectivity index (χ4n) is 7.19. The Morgan fingerprint density at radius 2 is 0.554 bits per heavy atom. The zero-order valence-electron chi connectivity index (χ0n) is 32.5. The van der Waals surface area contributed by atoms with Gasteiger partial charge in [0.2, 0.25) is 0 Å².